The first-order valence-corrected chi connectivity index (χ1v) is 11.1. The molecule has 0 amide bonds. The Hall–Kier alpha value is -2.75. The minimum atomic E-state index is -3.54. The predicted octanol–water partition coefficient (Wildman–Crippen LogP) is 2.04. The molecule has 160 valence electrons. The molecule has 0 fully saturated rings. The van der Waals surface area contributed by atoms with Gasteiger partial charge in [0, 0.05) is 69.0 Å². The number of pyridine rings is 1. The molecule has 3 rings (SSSR count). The Morgan fingerprint density at radius 1 is 1.20 bits per heavy atom. The van der Waals surface area contributed by atoms with Gasteiger partial charge in [0.25, 0.3) is 10.2 Å². The van der Waals surface area contributed by atoms with Crippen molar-refractivity contribution in [3.8, 4) is 0 Å². The van der Waals surface area contributed by atoms with E-state index in [1.165, 1.54) is 14.1 Å². The Morgan fingerprint density at radius 2 is 1.97 bits per heavy atom. The van der Waals surface area contributed by atoms with E-state index in [9.17, 15) is 18.3 Å². The smallest absolute Gasteiger partial charge is 0.305 e. The number of hydrogen-bond acceptors (Lipinski definition) is 4. The van der Waals surface area contributed by atoms with Gasteiger partial charge in [0.2, 0.25) is 0 Å². The lowest BCUT2D eigenvalue weighted by Crippen LogP contribution is -2.37. The van der Waals surface area contributed by atoms with E-state index in [0.29, 0.717) is 19.4 Å². The normalized spacial score (nSPS) is 12.0. The highest BCUT2D eigenvalue weighted by atomic mass is 32.2. The summed E-state index contributed by atoms with van der Waals surface area (Å²) in [7, 11) is -0.594. The third kappa shape index (κ3) is 5.05. The number of aliphatic carboxylic acids is 1. The highest BCUT2D eigenvalue weighted by molar-refractivity contribution is 7.87. The van der Waals surface area contributed by atoms with Crippen molar-refractivity contribution in [1.29, 1.82) is 0 Å². The van der Waals surface area contributed by atoms with Crippen molar-refractivity contribution in [2.75, 3.05) is 20.6 Å². The van der Waals surface area contributed by atoms with Gasteiger partial charge in [-0.15, -0.1) is 0 Å². The van der Waals surface area contributed by atoms with Crippen molar-refractivity contribution in [3.63, 3.8) is 0 Å². The topological polar surface area (TPSA) is 105 Å². The molecule has 3 aromatic rings. The Morgan fingerprint density at radius 3 is 2.63 bits per heavy atom. The van der Waals surface area contributed by atoms with Crippen LogP contribution in [0.2, 0.25) is 0 Å². The number of rotatable bonds is 10. The number of fused-ring (bicyclic) bond motifs is 1. The lowest BCUT2D eigenvalue weighted by molar-refractivity contribution is -0.137. The fraction of sp³-hybridized carbons (Fsp3) is 0.333. The number of benzene rings is 1. The molecule has 8 nitrogen and oxygen atoms in total. The molecule has 0 saturated heterocycles. The number of hydrogen-bond donors (Lipinski definition) is 2. The molecule has 0 atom stereocenters. The van der Waals surface area contributed by atoms with Gasteiger partial charge in [-0.25, -0.2) is 4.72 Å². The summed E-state index contributed by atoms with van der Waals surface area (Å²) in [6.45, 7) is 0.530. The molecular weight excluding hydrogens is 404 g/mol. The van der Waals surface area contributed by atoms with Gasteiger partial charge in [0.05, 0.1) is 6.42 Å². The first-order chi connectivity index (χ1) is 14.3. The molecule has 0 spiro atoms. The second-order valence-electron chi connectivity index (χ2n) is 7.21. The predicted molar refractivity (Wildman–Crippen MR) is 116 cm³/mol. The van der Waals surface area contributed by atoms with Crippen LogP contribution in [0, 0.1) is 0 Å². The highest BCUT2D eigenvalue weighted by Crippen LogP contribution is 2.29. The van der Waals surface area contributed by atoms with Crippen molar-refractivity contribution >= 4 is 27.1 Å². The molecule has 0 radical (unpaired) electrons. The van der Waals surface area contributed by atoms with Crippen LogP contribution in [0.3, 0.4) is 0 Å². The molecule has 1 aromatic carbocycles. The average Bonchev–Trinajstić information content (AvgIpc) is 3.00. The minimum absolute atomic E-state index is 0.0125. The Bertz CT molecular complexity index is 1120. The maximum Gasteiger partial charge on any atom is 0.305 e. The molecule has 0 unspecified atom stereocenters. The lowest BCUT2D eigenvalue weighted by atomic mass is 10.0. The van der Waals surface area contributed by atoms with Crippen molar-refractivity contribution in [1.82, 2.24) is 18.6 Å². The summed E-state index contributed by atoms with van der Waals surface area (Å²) >= 11 is 0. The summed E-state index contributed by atoms with van der Waals surface area (Å²) in [5.74, 6) is -0.874. The molecule has 2 heterocycles. The first-order valence-electron chi connectivity index (χ1n) is 9.66. The maximum absolute atomic E-state index is 12.1. The van der Waals surface area contributed by atoms with Crippen LogP contribution in [0.4, 0.5) is 0 Å². The van der Waals surface area contributed by atoms with Gasteiger partial charge >= 0.3 is 5.97 Å². The van der Waals surface area contributed by atoms with Gasteiger partial charge in [-0.05, 0) is 23.3 Å². The number of aromatic nitrogens is 2. The highest BCUT2D eigenvalue weighted by Gasteiger charge is 2.19. The van der Waals surface area contributed by atoms with E-state index >= 15 is 0 Å². The van der Waals surface area contributed by atoms with E-state index in [4.69, 9.17) is 0 Å². The zero-order valence-electron chi connectivity index (χ0n) is 17.1. The van der Waals surface area contributed by atoms with Crippen molar-refractivity contribution in [2.45, 2.75) is 25.8 Å². The number of carbonyl (C=O) groups is 1. The van der Waals surface area contributed by atoms with Crippen molar-refractivity contribution < 1.29 is 18.3 Å². The third-order valence-electron chi connectivity index (χ3n) is 4.97. The number of carboxylic acid groups (broad SMARTS) is 1. The van der Waals surface area contributed by atoms with Crippen LogP contribution in [-0.4, -0.2) is 54.0 Å². The second kappa shape index (κ2) is 9.38. The number of aryl methyl sites for hydroxylation is 1. The molecule has 0 bridgehead atoms. The van der Waals surface area contributed by atoms with Gasteiger partial charge in [-0.3, -0.25) is 9.78 Å². The van der Waals surface area contributed by atoms with Gasteiger partial charge in [0.15, 0.2) is 0 Å². The fourth-order valence-electron chi connectivity index (χ4n) is 3.51. The van der Waals surface area contributed by atoms with E-state index in [1.807, 2.05) is 47.2 Å². The maximum atomic E-state index is 12.1. The molecule has 0 saturated carbocycles. The van der Waals surface area contributed by atoms with Gasteiger partial charge in [-0.1, -0.05) is 24.3 Å². The number of nitrogens with zero attached hydrogens (tertiary/aromatic N) is 3. The molecule has 0 aliphatic rings. The zero-order chi connectivity index (χ0) is 21.7. The van der Waals surface area contributed by atoms with E-state index in [0.717, 1.165) is 32.0 Å². The number of nitrogens with one attached hydrogen (secondary N) is 1. The van der Waals surface area contributed by atoms with Gasteiger partial charge in [-0.2, -0.15) is 12.7 Å². The van der Waals surface area contributed by atoms with Crippen LogP contribution in [-0.2, 0) is 34.4 Å². The average molecular weight is 431 g/mol. The van der Waals surface area contributed by atoms with Gasteiger partial charge < -0.3 is 9.67 Å². The van der Waals surface area contributed by atoms with Crippen LogP contribution in [0.1, 0.15) is 23.2 Å². The molecular formula is C21H26N4O4S. The summed E-state index contributed by atoms with van der Waals surface area (Å²) < 4.78 is 29.9. The van der Waals surface area contributed by atoms with E-state index < -0.39 is 16.2 Å². The van der Waals surface area contributed by atoms with Crippen molar-refractivity contribution in [3.05, 3.63) is 65.6 Å². The lowest BCUT2D eigenvalue weighted by Gasteiger charge is -2.15. The molecule has 0 aliphatic carbocycles. The minimum Gasteiger partial charge on any atom is -0.481 e. The summed E-state index contributed by atoms with van der Waals surface area (Å²) in [5, 5.41) is 10.2. The van der Waals surface area contributed by atoms with Crippen LogP contribution >= 0.6 is 0 Å². The second-order valence-corrected chi connectivity index (χ2v) is 9.18. The monoisotopic (exact) mass is 430 g/mol. The van der Waals surface area contributed by atoms with Crippen molar-refractivity contribution in [2.24, 2.45) is 0 Å². The summed E-state index contributed by atoms with van der Waals surface area (Å²) in [6, 6.07) is 11.7. The standard InChI is InChI=1S/C21H26N4O4S/c1-24(2)30(28,29)23-12-9-20-18(14-16-6-5-11-22-15-16)17-7-3-4-8-19(17)25(20)13-10-21(26)27/h3-8,11,15,23H,9-10,12-14H2,1-2H3,(H,26,27). The summed E-state index contributed by atoms with van der Waals surface area (Å²) in [6.07, 6.45) is 4.58. The van der Waals surface area contributed by atoms with Crippen LogP contribution in [0.25, 0.3) is 10.9 Å². The van der Waals surface area contributed by atoms with E-state index in [2.05, 4.69) is 9.71 Å². The van der Waals surface area contributed by atoms with E-state index in [1.54, 1.807) is 6.20 Å². The molecule has 2 aromatic heterocycles. The summed E-state index contributed by atoms with van der Waals surface area (Å²) in [4.78, 5) is 15.4. The molecule has 9 heteroatoms. The summed E-state index contributed by atoms with van der Waals surface area (Å²) in [5.41, 5.74) is 3.98. The molecule has 2 N–H and O–H groups in total. The fourth-order valence-corrected chi connectivity index (χ4v) is 4.13. The number of para-hydroxylation sites is 1. The first kappa shape index (κ1) is 21.9. The van der Waals surface area contributed by atoms with Crippen LogP contribution < -0.4 is 4.72 Å². The number of carboxylic acids is 1. The SMILES string of the molecule is CN(C)S(=O)(=O)NCCc1c(Cc2cccnc2)c2ccccc2n1CCC(=O)O. The Balaban J connectivity index is 2.02. The Labute approximate surface area is 176 Å². The Kier molecular flexibility index (Phi) is 6.86. The molecule has 0 aliphatic heterocycles. The molecule has 30 heavy (non-hydrogen) atoms. The van der Waals surface area contributed by atoms with Gasteiger partial charge in [0.1, 0.15) is 0 Å². The largest absolute Gasteiger partial charge is 0.481 e. The van der Waals surface area contributed by atoms with E-state index in [-0.39, 0.29) is 13.0 Å². The zero-order valence-corrected chi connectivity index (χ0v) is 17.9. The van der Waals surface area contributed by atoms with Crippen LogP contribution in [0.15, 0.2) is 48.8 Å². The quantitative estimate of drug-likeness (QED) is 0.512. The van der Waals surface area contributed by atoms with Crippen LogP contribution in [0.5, 0.6) is 0 Å². The third-order valence-corrected chi connectivity index (χ3v) is 6.50.